The maximum atomic E-state index is 12.8. The third-order valence-electron chi connectivity index (χ3n) is 3.45. The van der Waals surface area contributed by atoms with Gasteiger partial charge in [0.1, 0.15) is 5.78 Å². The largest absolute Gasteiger partial charge is 0.310 e. The molecule has 1 aromatic heterocycles. The molecule has 0 saturated heterocycles. The third-order valence-corrected chi connectivity index (χ3v) is 3.85. The SMILES string of the molecule is CC(=O)Cn1c(=S)n(-c2ccccc2)c(=O)c2ccccc21. The fraction of sp³-hybridized carbons (Fsp3) is 0.118. The van der Waals surface area contributed by atoms with Crippen molar-refractivity contribution in [2.45, 2.75) is 13.5 Å². The normalized spacial score (nSPS) is 10.8. The molecule has 0 fully saturated rings. The van der Waals surface area contributed by atoms with Crippen molar-refractivity contribution in [3.8, 4) is 5.69 Å². The van der Waals surface area contributed by atoms with Gasteiger partial charge in [0.15, 0.2) is 4.77 Å². The molecule has 0 aliphatic heterocycles. The zero-order valence-electron chi connectivity index (χ0n) is 12.0. The summed E-state index contributed by atoms with van der Waals surface area (Å²) < 4.78 is 3.51. The minimum absolute atomic E-state index is 0.0143. The minimum Gasteiger partial charge on any atom is -0.310 e. The first-order chi connectivity index (χ1) is 10.6. The molecule has 0 radical (unpaired) electrons. The number of carbonyl (C=O) groups is 1. The van der Waals surface area contributed by atoms with E-state index >= 15 is 0 Å². The van der Waals surface area contributed by atoms with Crippen molar-refractivity contribution in [3.05, 3.63) is 69.7 Å². The average molecular weight is 310 g/mol. The van der Waals surface area contributed by atoms with E-state index in [1.165, 1.54) is 11.5 Å². The Bertz CT molecular complexity index is 971. The first-order valence-corrected chi connectivity index (χ1v) is 7.30. The Morgan fingerprint density at radius 2 is 1.68 bits per heavy atom. The first-order valence-electron chi connectivity index (χ1n) is 6.89. The van der Waals surface area contributed by atoms with E-state index in [2.05, 4.69) is 0 Å². The summed E-state index contributed by atoms with van der Waals surface area (Å²) in [4.78, 5) is 24.4. The Labute approximate surface area is 132 Å². The van der Waals surface area contributed by atoms with Crippen molar-refractivity contribution in [1.29, 1.82) is 0 Å². The molecule has 3 aromatic rings. The van der Waals surface area contributed by atoms with Gasteiger partial charge in [-0.3, -0.25) is 14.2 Å². The lowest BCUT2D eigenvalue weighted by Crippen LogP contribution is -2.25. The summed E-state index contributed by atoms with van der Waals surface area (Å²) in [5.41, 5.74) is 1.20. The lowest BCUT2D eigenvalue weighted by atomic mass is 10.2. The van der Waals surface area contributed by atoms with Crippen LogP contribution in [0.15, 0.2) is 59.4 Å². The number of nitrogens with zero attached hydrogens (tertiary/aromatic N) is 2. The average Bonchev–Trinajstić information content (AvgIpc) is 2.52. The molecule has 0 atom stereocenters. The molecular weight excluding hydrogens is 296 g/mol. The molecule has 4 nitrogen and oxygen atoms in total. The van der Waals surface area contributed by atoms with Crippen molar-refractivity contribution in [1.82, 2.24) is 9.13 Å². The molecule has 2 aromatic carbocycles. The lowest BCUT2D eigenvalue weighted by molar-refractivity contribution is -0.117. The van der Waals surface area contributed by atoms with Crippen molar-refractivity contribution in [2.75, 3.05) is 0 Å². The van der Waals surface area contributed by atoms with Crippen LogP contribution in [0.4, 0.5) is 0 Å². The van der Waals surface area contributed by atoms with Gasteiger partial charge in [-0.25, -0.2) is 0 Å². The summed E-state index contributed by atoms with van der Waals surface area (Å²) in [6.07, 6.45) is 0. The number of Topliss-reactive ketones (excluding diaryl/α,β-unsaturated/α-hetero) is 1. The van der Waals surface area contributed by atoms with E-state index in [0.717, 1.165) is 0 Å². The van der Waals surface area contributed by atoms with Crippen molar-refractivity contribution in [2.24, 2.45) is 0 Å². The van der Waals surface area contributed by atoms with Crippen molar-refractivity contribution >= 4 is 28.9 Å². The van der Waals surface area contributed by atoms with Gasteiger partial charge in [0.25, 0.3) is 5.56 Å². The van der Waals surface area contributed by atoms with Crippen LogP contribution < -0.4 is 5.56 Å². The van der Waals surface area contributed by atoms with Gasteiger partial charge in [-0.2, -0.15) is 0 Å². The van der Waals surface area contributed by atoms with Gasteiger partial charge in [0, 0.05) is 0 Å². The van der Waals surface area contributed by atoms with Crippen LogP contribution in [-0.2, 0) is 11.3 Å². The Morgan fingerprint density at radius 1 is 1.05 bits per heavy atom. The molecule has 1 heterocycles. The minimum atomic E-state index is -0.174. The zero-order chi connectivity index (χ0) is 15.7. The number of rotatable bonds is 3. The van der Waals surface area contributed by atoms with Crippen LogP contribution in [-0.4, -0.2) is 14.9 Å². The van der Waals surface area contributed by atoms with Gasteiger partial charge in [-0.15, -0.1) is 0 Å². The number of hydrogen-bond acceptors (Lipinski definition) is 3. The van der Waals surface area contributed by atoms with Crippen LogP contribution in [0, 0.1) is 4.77 Å². The molecule has 0 aliphatic carbocycles. The van der Waals surface area contributed by atoms with E-state index in [1.807, 2.05) is 42.5 Å². The monoisotopic (exact) mass is 310 g/mol. The second kappa shape index (κ2) is 5.69. The molecule has 22 heavy (non-hydrogen) atoms. The standard InChI is InChI=1S/C17H14N2O2S/c1-12(20)11-18-15-10-6-5-9-14(15)16(21)19(17(18)22)13-7-3-2-4-8-13/h2-10H,11H2,1H3. The Kier molecular flexibility index (Phi) is 3.73. The quantitative estimate of drug-likeness (QED) is 0.698. The van der Waals surface area contributed by atoms with Crippen LogP contribution in [0.1, 0.15) is 6.92 Å². The van der Waals surface area contributed by atoms with Crippen molar-refractivity contribution < 1.29 is 4.79 Å². The van der Waals surface area contributed by atoms with Crippen LogP contribution in [0.25, 0.3) is 16.6 Å². The molecule has 0 aliphatic rings. The number of fused-ring (bicyclic) bond motifs is 1. The Morgan fingerprint density at radius 3 is 2.36 bits per heavy atom. The Hall–Kier alpha value is -2.53. The summed E-state index contributed by atoms with van der Waals surface area (Å²) in [6.45, 7) is 1.65. The van der Waals surface area contributed by atoms with E-state index in [9.17, 15) is 9.59 Å². The predicted octanol–water partition coefficient (Wildman–Crippen LogP) is 3.11. The van der Waals surface area contributed by atoms with E-state index in [0.29, 0.717) is 21.4 Å². The van der Waals surface area contributed by atoms with Gasteiger partial charge >= 0.3 is 0 Å². The summed E-state index contributed by atoms with van der Waals surface area (Å²) in [5.74, 6) is -0.0143. The first kappa shape index (κ1) is 14.4. The maximum Gasteiger partial charge on any atom is 0.266 e. The van der Waals surface area contributed by atoms with Gasteiger partial charge in [0.2, 0.25) is 0 Å². The van der Waals surface area contributed by atoms with E-state index in [4.69, 9.17) is 12.2 Å². The highest BCUT2D eigenvalue weighted by molar-refractivity contribution is 7.71. The molecule has 0 N–H and O–H groups in total. The van der Waals surface area contributed by atoms with E-state index < -0.39 is 0 Å². The fourth-order valence-electron chi connectivity index (χ4n) is 2.50. The smallest absolute Gasteiger partial charge is 0.266 e. The highest BCUT2D eigenvalue weighted by Gasteiger charge is 2.12. The molecule has 0 saturated carbocycles. The van der Waals surface area contributed by atoms with Crippen molar-refractivity contribution in [3.63, 3.8) is 0 Å². The second-order valence-corrected chi connectivity index (χ2v) is 5.43. The number of ketones is 1. The molecule has 110 valence electrons. The molecule has 0 spiro atoms. The molecule has 5 heteroatoms. The molecule has 0 unspecified atom stereocenters. The summed E-state index contributed by atoms with van der Waals surface area (Å²) in [7, 11) is 0. The summed E-state index contributed by atoms with van der Waals surface area (Å²) >= 11 is 5.48. The van der Waals surface area contributed by atoms with Crippen LogP contribution >= 0.6 is 12.2 Å². The highest BCUT2D eigenvalue weighted by atomic mass is 32.1. The number of benzene rings is 2. The van der Waals surface area contributed by atoms with Gasteiger partial charge < -0.3 is 4.57 Å². The topological polar surface area (TPSA) is 44.0 Å². The lowest BCUT2D eigenvalue weighted by Gasteiger charge is -2.15. The predicted molar refractivity (Wildman–Crippen MR) is 89.1 cm³/mol. The number of hydrogen-bond donors (Lipinski definition) is 0. The summed E-state index contributed by atoms with van der Waals surface area (Å²) in [6, 6.07) is 16.4. The maximum absolute atomic E-state index is 12.8. The van der Waals surface area contributed by atoms with Gasteiger partial charge in [-0.05, 0) is 43.4 Å². The van der Waals surface area contributed by atoms with Gasteiger partial charge in [0.05, 0.1) is 23.1 Å². The molecule has 0 bridgehead atoms. The molecule has 3 rings (SSSR count). The van der Waals surface area contributed by atoms with E-state index in [1.54, 1.807) is 16.7 Å². The second-order valence-electron chi connectivity index (χ2n) is 5.06. The molecular formula is C17H14N2O2S. The van der Waals surface area contributed by atoms with Crippen LogP contribution in [0.3, 0.4) is 0 Å². The number of para-hydroxylation sites is 2. The highest BCUT2D eigenvalue weighted by Crippen LogP contribution is 2.14. The zero-order valence-corrected chi connectivity index (χ0v) is 12.8. The van der Waals surface area contributed by atoms with Crippen LogP contribution in [0.5, 0.6) is 0 Å². The third kappa shape index (κ3) is 2.40. The summed E-state index contributed by atoms with van der Waals surface area (Å²) in [5, 5.41) is 0.543. The fourth-order valence-corrected chi connectivity index (χ4v) is 2.85. The van der Waals surface area contributed by atoms with Gasteiger partial charge in [-0.1, -0.05) is 30.3 Å². The van der Waals surface area contributed by atoms with Crippen LogP contribution in [0.2, 0.25) is 0 Å². The van der Waals surface area contributed by atoms with E-state index in [-0.39, 0.29) is 17.9 Å². The Balaban J connectivity index is 2.46. The number of aromatic nitrogens is 2. The number of carbonyl (C=O) groups excluding carboxylic acids is 1. The molecule has 0 amide bonds.